The number of anilines is 1. The fourth-order valence-electron chi connectivity index (χ4n) is 1.07. The van der Waals surface area contributed by atoms with E-state index in [1.165, 1.54) is 11.8 Å². The summed E-state index contributed by atoms with van der Waals surface area (Å²) in [5.74, 6) is 1.79. The first kappa shape index (κ1) is 7.68. The van der Waals surface area contributed by atoms with Crippen LogP contribution < -0.4 is 5.32 Å². The Morgan fingerprint density at radius 1 is 1.33 bits per heavy atom. The first-order valence-electron chi connectivity index (χ1n) is 3.72. The van der Waals surface area contributed by atoms with Gasteiger partial charge in [0.2, 0.25) is 0 Å². The van der Waals surface area contributed by atoms with Crippen molar-refractivity contribution < 1.29 is 4.79 Å². The van der Waals surface area contributed by atoms with Gasteiger partial charge in [0.05, 0.1) is 12.3 Å². The van der Waals surface area contributed by atoms with Crippen LogP contribution in [-0.2, 0) is 4.79 Å². The van der Waals surface area contributed by atoms with Gasteiger partial charge < -0.3 is 5.32 Å². The second-order valence-electron chi connectivity index (χ2n) is 2.55. The van der Waals surface area contributed by atoms with Gasteiger partial charge in [-0.05, 0) is 12.1 Å². The third-order valence-electron chi connectivity index (χ3n) is 1.66. The van der Waals surface area contributed by atoms with E-state index >= 15 is 0 Å². The zero-order valence-electron chi connectivity index (χ0n) is 6.41. The summed E-state index contributed by atoms with van der Waals surface area (Å²) in [6, 6.07) is 7.91. The molecule has 1 aromatic rings. The number of hydrogen-bond donors (Lipinski definition) is 1. The number of Topliss-reactive ketones (excluding diaryl/α,β-unsaturated/α-hetero) is 1. The monoisotopic (exact) mass is 178 g/mol. The number of fused-ring (bicyclic) bond motifs is 1. The van der Waals surface area contributed by atoms with Crippen molar-refractivity contribution >= 4 is 23.2 Å². The lowest BCUT2D eigenvalue weighted by atomic mass is 10.3. The summed E-state index contributed by atoms with van der Waals surface area (Å²) in [6.45, 7) is 0.407. The van der Waals surface area contributed by atoms with Gasteiger partial charge in [-0.3, -0.25) is 4.79 Å². The lowest BCUT2D eigenvalue weighted by molar-refractivity contribution is -0.113. The zero-order valence-corrected chi connectivity index (χ0v) is 7.23. The first-order valence-corrected chi connectivity index (χ1v) is 4.60. The number of thioether (sulfide) groups is 1. The number of ketones is 1. The summed E-state index contributed by atoms with van der Waals surface area (Å²) >= 11 is 1.48. The van der Waals surface area contributed by atoms with Crippen molar-refractivity contribution in [3.63, 3.8) is 0 Å². The summed E-state index contributed by atoms with van der Waals surface area (Å²) < 4.78 is 0. The van der Waals surface area contributed by atoms with Crippen molar-refractivity contribution in [1.82, 2.24) is 0 Å². The third-order valence-corrected chi connectivity index (χ3v) is 2.65. The number of carbonyl (C=O) groups excluding carboxylic acids is 1. The highest BCUT2D eigenvalue weighted by Crippen LogP contribution is 2.30. The molecule has 0 fully saturated rings. The minimum Gasteiger partial charge on any atom is -0.377 e. The van der Waals surface area contributed by atoms with Crippen molar-refractivity contribution in [2.75, 3.05) is 11.9 Å². The average Bonchev–Trinajstić information content (AvgIpc) is 2.29. The van der Waals surface area contributed by atoms with Gasteiger partial charge in [0, 0.05) is 10.6 Å². The Bertz CT molecular complexity index is 282. The average molecular weight is 178 g/mol. The minimum absolute atomic E-state index is 0.135. The molecule has 0 spiro atoms. The predicted octanol–water partition coefficient (Wildman–Crippen LogP) is 1.94. The number of nitrogens with one attached hydrogen (secondary N) is 1. The highest BCUT2D eigenvalue weighted by molar-refractivity contribution is 8.02. The quantitative estimate of drug-likeness (QED) is 0.658. The van der Waals surface area contributed by atoms with E-state index in [0.29, 0.717) is 6.54 Å². The molecule has 2 nitrogen and oxygen atoms in total. The summed E-state index contributed by atoms with van der Waals surface area (Å²) in [4.78, 5) is 12.1. The smallest absolute Gasteiger partial charge is 0.166 e. The summed E-state index contributed by atoms with van der Waals surface area (Å²) in [7, 11) is 0. The Morgan fingerprint density at radius 2 is 2.17 bits per heavy atom. The molecule has 0 amide bonds. The summed E-state index contributed by atoms with van der Waals surface area (Å²) in [5, 5.41) is 3.07. The van der Waals surface area contributed by atoms with E-state index < -0.39 is 0 Å². The van der Waals surface area contributed by atoms with Gasteiger partial charge in [-0.1, -0.05) is 12.1 Å². The van der Waals surface area contributed by atoms with Crippen molar-refractivity contribution in [2.24, 2.45) is 0 Å². The van der Waals surface area contributed by atoms with Gasteiger partial charge in [0.15, 0.2) is 5.78 Å². The minimum atomic E-state index is 0.135. The van der Waals surface area contributed by atoms with Crippen LogP contribution in [0.2, 0.25) is 0 Å². The van der Waals surface area contributed by atoms with E-state index in [1.807, 2.05) is 24.3 Å². The molecule has 2 rings (SSSR count). The molecule has 0 saturated carbocycles. The molecule has 0 aromatic heterocycles. The standard InChI is InChI=1S/C9H8NOS/c11-7-5-10-8-3-1-2-4-9(8)12-6-7/h1-4,6,10H,5H2. The fraction of sp³-hybridized carbons (Fsp3) is 0.111. The second kappa shape index (κ2) is 3.19. The van der Waals surface area contributed by atoms with E-state index in [4.69, 9.17) is 0 Å². The number of para-hydroxylation sites is 1. The molecule has 0 unspecified atom stereocenters. The third kappa shape index (κ3) is 1.46. The molecular formula is C9H8NOS. The van der Waals surface area contributed by atoms with Crippen molar-refractivity contribution in [3.05, 3.63) is 30.0 Å². The van der Waals surface area contributed by atoms with Crippen LogP contribution in [0.3, 0.4) is 0 Å². The molecular weight excluding hydrogens is 170 g/mol. The zero-order chi connectivity index (χ0) is 8.39. The molecule has 61 valence electrons. The Hall–Kier alpha value is -0.960. The van der Waals surface area contributed by atoms with Crippen LogP contribution in [-0.4, -0.2) is 12.3 Å². The number of hydrogen-bond acceptors (Lipinski definition) is 3. The van der Waals surface area contributed by atoms with Crippen molar-refractivity contribution in [2.45, 2.75) is 4.90 Å². The molecule has 12 heavy (non-hydrogen) atoms. The molecule has 1 heterocycles. The second-order valence-corrected chi connectivity index (χ2v) is 3.46. The maximum atomic E-state index is 11.0. The molecule has 1 N–H and O–H groups in total. The normalized spacial score (nSPS) is 16.2. The molecule has 1 aliphatic rings. The number of rotatable bonds is 0. The van der Waals surface area contributed by atoms with Gasteiger partial charge in [0.1, 0.15) is 0 Å². The molecule has 0 bridgehead atoms. The molecule has 1 radical (unpaired) electrons. The van der Waals surface area contributed by atoms with E-state index in [2.05, 4.69) is 5.32 Å². The van der Waals surface area contributed by atoms with Gasteiger partial charge >= 0.3 is 0 Å². The molecule has 0 aliphatic carbocycles. The molecule has 0 atom stereocenters. The highest BCUT2D eigenvalue weighted by Gasteiger charge is 2.11. The predicted molar refractivity (Wildman–Crippen MR) is 50.1 cm³/mol. The van der Waals surface area contributed by atoms with E-state index in [1.54, 1.807) is 5.75 Å². The summed E-state index contributed by atoms with van der Waals surface area (Å²) in [6.07, 6.45) is 0. The molecule has 1 aliphatic heterocycles. The lowest BCUT2D eigenvalue weighted by Gasteiger charge is -2.03. The van der Waals surface area contributed by atoms with E-state index in [0.717, 1.165) is 10.6 Å². The van der Waals surface area contributed by atoms with Crippen LogP contribution in [0.25, 0.3) is 0 Å². The van der Waals surface area contributed by atoms with Crippen LogP contribution in [0, 0.1) is 5.75 Å². The van der Waals surface area contributed by atoms with Gasteiger partial charge in [-0.15, -0.1) is 11.8 Å². The molecule has 0 saturated heterocycles. The largest absolute Gasteiger partial charge is 0.377 e. The number of benzene rings is 1. The van der Waals surface area contributed by atoms with Crippen molar-refractivity contribution in [3.8, 4) is 0 Å². The fourth-order valence-corrected chi connectivity index (χ4v) is 1.83. The van der Waals surface area contributed by atoms with Crippen LogP contribution in [0.15, 0.2) is 29.2 Å². The molecule has 1 aromatic carbocycles. The molecule has 3 heteroatoms. The first-order chi connectivity index (χ1) is 5.86. The Morgan fingerprint density at radius 3 is 3.08 bits per heavy atom. The number of carbonyl (C=O) groups is 1. The summed E-state index contributed by atoms with van der Waals surface area (Å²) in [5.41, 5.74) is 1.05. The topological polar surface area (TPSA) is 29.1 Å². The maximum Gasteiger partial charge on any atom is 0.166 e. The van der Waals surface area contributed by atoms with Crippen LogP contribution in [0.1, 0.15) is 0 Å². The van der Waals surface area contributed by atoms with E-state index in [-0.39, 0.29) is 5.78 Å². The Labute approximate surface area is 75.4 Å². The van der Waals surface area contributed by atoms with Crippen LogP contribution in [0.4, 0.5) is 5.69 Å². The van der Waals surface area contributed by atoms with E-state index in [9.17, 15) is 4.79 Å². The lowest BCUT2D eigenvalue weighted by Crippen LogP contribution is -2.10. The van der Waals surface area contributed by atoms with Crippen molar-refractivity contribution in [1.29, 1.82) is 0 Å². The Kier molecular flexibility index (Phi) is 2.04. The Balaban J connectivity index is 2.32. The highest BCUT2D eigenvalue weighted by atomic mass is 32.2. The van der Waals surface area contributed by atoms with Gasteiger partial charge in [-0.2, -0.15) is 0 Å². The van der Waals surface area contributed by atoms with Crippen LogP contribution >= 0.6 is 11.8 Å². The SMILES string of the molecule is O=C1[CH]Sc2ccccc2NC1. The van der Waals surface area contributed by atoms with Crippen LogP contribution in [0.5, 0.6) is 0 Å². The maximum absolute atomic E-state index is 11.0. The van der Waals surface area contributed by atoms with Gasteiger partial charge in [-0.25, -0.2) is 0 Å². The van der Waals surface area contributed by atoms with Gasteiger partial charge in [0.25, 0.3) is 0 Å².